The van der Waals surface area contributed by atoms with Gasteiger partial charge in [0.2, 0.25) is 0 Å². The highest BCUT2D eigenvalue weighted by Gasteiger charge is 2.24. The summed E-state index contributed by atoms with van der Waals surface area (Å²) in [6, 6.07) is 8.90. The number of rotatable bonds is 8. The molecule has 1 aromatic carbocycles. The average Bonchev–Trinajstić information content (AvgIpc) is 2.43. The lowest BCUT2D eigenvalue weighted by molar-refractivity contribution is 0.00355. The summed E-state index contributed by atoms with van der Waals surface area (Å²) in [4.78, 5) is 0. The van der Waals surface area contributed by atoms with Gasteiger partial charge < -0.3 is 4.74 Å². The summed E-state index contributed by atoms with van der Waals surface area (Å²) in [5.41, 5.74) is 5.58. The number of benzene rings is 1. The van der Waals surface area contributed by atoms with Gasteiger partial charge in [-0.15, -0.1) is 0 Å². The second-order valence-corrected chi connectivity index (χ2v) is 5.31. The van der Waals surface area contributed by atoms with Crippen LogP contribution in [-0.2, 0) is 17.6 Å². The molecule has 19 heavy (non-hydrogen) atoms. The number of nitrogens with two attached hydrogens (primary N) is 1. The maximum Gasteiger partial charge on any atom is 0.0767 e. The molecule has 0 fully saturated rings. The van der Waals surface area contributed by atoms with Crippen LogP contribution in [-0.4, -0.2) is 18.8 Å². The fourth-order valence-corrected chi connectivity index (χ4v) is 2.40. The van der Waals surface area contributed by atoms with Gasteiger partial charge in [0.15, 0.2) is 0 Å². The number of nitrogens with one attached hydrogen (secondary N) is 1. The summed E-state index contributed by atoms with van der Waals surface area (Å²) in [5, 5.41) is 0. The zero-order chi connectivity index (χ0) is 14.3. The lowest BCUT2D eigenvalue weighted by Gasteiger charge is -2.29. The molecule has 108 valence electrons. The minimum Gasteiger partial charge on any atom is -0.377 e. The van der Waals surface area contributed by atoms with Crippen LogP contribution in [0.5, 0.6) is 0 Å². The monoisotopic (exact) mass is 264 g/mol. The predicted molar refractivity (Wildman–Crippen MR) is 80.9 cm³/mol. The summed E-state index contributed by atoms with van der Waals surface area (Å²) < 4.78 is 5.83. The molecule has 0 amide bonds. The Labute approximate surface area is 117 Å². The molecular formula is C16H28N2O. The van der Waals surface area contributed by atoms with Crippen LogP contribution >= 0.6 is 0 Å². The number of hydrogen-bond donors (Lipinski definition) is 2. The molecule has 0 aliphatic carbocycles. The number of aryl methyl sites for hydroxylation is 1. The van der Waals surface area contributed by atoms with E-state index in [1.165, 1.54) is 11.1 Å². The molecule has 2 unspecified atom stereocenters. The predicted octanol–water partition coefficient (Wildman–Crippen LogP) is 2.68. The Morgan fingerprint density at radius 1 is 1.11 bits per heavy atom. The Hall–Kier alpha value is -0.900. The smallest absolute Gasteiger partial charge is 0.0767 e. The summed E-state index contributed by atoms with van der Waals surface area (Å²) in [6.07, 6.45) is 2.11. The number of ether oxygens (including phenoxy) is 1. The van der Waals surface area contributed by atoms with Gasteiger partial charge in [0.1, 0.15) is 0 Å². The first kappa shape index (κ1) is 16.2. The normalized spacial score (nSPS) is 14.6. The van der Waals surface area contributed by atoms with Crippen LogP contribution in [0.1, 0.15) is 38.8 Å². The number of hydrogen-bond acceptors (Lipinski definition) is 3. The molecule has 0 spiro atoms. The molecule has 1 aromatic rings. The quantitative estimate of drug-likeness (QED) is 0.560. The van der Waals surface area contributed by atoms with Crippen LogP contribution in [0.2, 0.25) is 0 Å². The first-order valence-corrected chi connectivity index (χ1v) is 7.27. The molecule has 3 N–H and O–H groups in total. The SMILES string of the molecule is CCOC(C(C)C)C(Cc1ccc(CC)cc1)NN. The van der Waals surface area contributed by atoms with Gasteiger partial charge in [0.05, 0.1) is 12.1 Å². The van der Waals surface area contributed by atoms with Crippen LogP contribution in [0.3, 0.4) is 0 Å². The van der Waals surface area contributed by atoms with Crippen LogP contribution in [0.15, 0.2) is 24.3 Å². The van der Waals surface area contributed by atoms with Crippen molar-refractivity contribution in [3.05, 3.63) is 35.4 Å². The fourth-order valence-electron chi connectivity index (χ4n) is 2.40. The maximum absolute atomic E-state index is 5.83. The first-order valence-electron chi connectivity index (χ1n) is 7.27. The lowest BCUT2D eigenvalue weighted by Crippen LogP contribution is -2.48. The van der Waals surface area contributed by atoms with E-state index < -0.39 is 0 Å². The molecule has 0 aliphatic heterocycles. The standard InChI is InChI=1S/C16H28N2O/c1-5-13-7-9-14(10-8-13)11-15(18-17)16(12(3)4)19-6-2/h7-10,12,15-16,18H,5-6,11,17H2,1-4H3. The van der Waals surface area contributed by atoms with E-state index in [1.54, 1.807) is 0 Å². The second-order valence-electron chi connectivity index (χ2n) is 5.31. The molecule has 0 saturated carbocycles. The highest BCUT2D eigenvalue weighted by atomic mass is 16.5. The summed E-state index contributed by atoms with van der Waals surface area (Å²) in [5.74, 6) is 6.16. The third-order valence-corrected chi connectivity index (χ3v) is 3.51. The molecule has 0 aliphatic rings. The van der Waals surface area contributed by atoms with Gasteiger partial charge in [0, 0.05) is 6.61 Å². The van der Waals surface area contributed by atoms with Crippen LogP contribution in [0, 0.1) is 5.92 Å². The van der Waals surface area contributed by atoms with Gasteiger partial charge in [0.25, 0.3) is 0 Å². The van der Waals surface area contributed by atoms with Gasteiger partial charge >= 0.3 is 0 Å². The largest absolute Gasteiger partial charge is 0.377 e. The van der Waals surface area contributed by atoms with Crippen LogP contribution < -0.4 is 11.3 Å². The summed E-state index contributed by atoms with van der Waals surface area (Å²) >= 11 is 0. The van der Waals surface area contributed by atoms with E-state index >= 15 is 0 Å². The molecule has 2 atom stereocenters. The summed E-state index contributed by atoms with van der Waals surface area (Å²) in [6.45, 7) is 9.26. The molecule has 3 nitrogen and oxygen atoms in total. The van der Waals surface area contributed by atoms with Crippen molar-refractivity contribution in [2.24, 2.45) is 11.8 Å². The molecule has 0 radical (unpaired) electrons. The second kappa shape index (κ2) is 8.31. The van der Waals surface area contributed by atoms with E-state index in [0.717, 1.165) is 19.4 Å². The molecule has 0 aromatic heterocycles. The van der Waals surface area contributed by atoms with E-state index in [1.807, 2.05) is 6.92 Å². The van der Waals surface area contributed by atoms with Crippen molar-refractivity contribution in [3.63, 3.8) is 0 Å². The molecule has 0 bridgehead atoms. The Morgan fingerprint density at radius 3 is 2.11 bits per heavy atom. The van der Waals surface area contributed by atoms with Gasteiger partial charge in [-0.3, -0.25) is 11.3 Å². The highest BCUT2D eigenvalue weighted by Crippen LogP contribution is 2.16. The molecule has 0 heterocycles. The lowest BCUT2D eigenvalue weighted by atomic mass is 9.94. The molecule has 0 saturated heterocycles. The van der Waals surface area contributed by atoms with Gasteiger partial charge in [-0.25, -0.2) is 0 Å². The van der Waals surface area contributed by atoms with Crippen molar-refractivity contribution in [2.75, 3.05) is 6.61 Å². The van der Waals surface area contributed by atoms with E-state index in [2.05, 4.69) is 50.5 Å². The van der Waals surface area contributed by atoms with Crippen LogP contribution in [0.25, 0.3) is 0 Å². The van der Waals surface area contributed by atoms with Gasteiger partial charge in [-0.05, 0) is 36.8 Å². The van der Waals surface area contributed by atoms with E-state index in [4.69, 9.17) is 10.6 Å². The topological polar surface area (TPSA) is 47.3 Å². The average molecular weight is 264 g/mol. The maximum atomic E-state index is 5.83. The third-order valence-electron chi connectivity index (χ3n) is 3.51. The molecule has 3 heteroatoms. The van der Waals surface area contributed by atoms with Gasteiger partial charge in [-0.1, -0.05) is 45.0 Å². The van der Waals surface area contributed by atoms with Crippen molar-refractivity contribution in [2.45, 2.75) is 52.7 Å². The van der Waals surface area contributed by atoms with Crippen molar-refractivity contribution in [3.8, 4) is 0 Å². The zero-order valence-corrected chi connectivity index (χ0v) is 12.6. The Kier molecular flexibility index (Phi) is 7.06. The van der Waals surface area contributed by atoms with E-state index in [-0.39, 0.29) is 12.1 Å². The molecule has 1 rings (SSSR count). The minimum atomic E-state index is 0.140. The Balaban J connectivity index is 2.73. The van der Waals surface area contributed by atoms with Crippen molar-refractivity contribution < 1.29 is 4.74 Å². The van der Waals surface area contributed by atoms with E-state index in [0.29, 0.717) is 5.92 Å². The van der Waals surface area contributed by atoms with Crippen LogP contribution in [0.4, 0.5) is 0 Å². The fraction of sp³-hybridized carbons (Fsp3) is 0.625. The Bertz CT molecular complexity index is 348. The highest BCUT2D eigenvalue weighted by molar-refractivity contribution is 5.23. The minimum absolute atomic E-state index is 0.140. The zero-order valence-electron chi connectivity index (χ0n) is 12.6. The van der Waals surface area contributed by atoms with Crippen molar-refractivity contribution in [1.82, 2.24) is 5.43 Å². The third kappa shape index (κ3) is 4.94. The first-order chi connectivity index (χ1) is 9.12. The van der Waals surface area contributed by atoms with Gasteiger partial charge in [-0.2, -0.15) is 0 Å². The number of hydrazine groups is 1. The Morgan fingerprint density at radius 2 is 1.68 bits per heavy atom. The van der Waals surface area contributed by atoms with E-state index in [9.17, 15) is 0 Å². The van der Waals surface area contributed by atoms with Crippen molar-refractivity contribution in [1.29, 1.82) is 0 Å². The molecular weight excluding hydrogens is 236 g/mol. The summed E-state index contributed by atoms with van der Waals surface area (Å²) in [7, 11) is 0. The van der Waals surface area contributed by atoms with Crippen molar-refractivity contribution >= 4 is 0 Å².